The van der Waals surface area contributed by atoms with E-state index in [-0.39, 0.29) is 0 Å². The van der Waals surface area contributed by atoms with Crippen molar-refractivity contribution in [1.29, 1.82) is 0 Å². The third-order valence-electron chi connectivity index (χ3n) is 3.31. The Morgan fingerprint density at radius 3 is 2.40 bits per heavy atom. The van der Waals surface area contributed by atoms with Gasteiger partial charge in [0.1, 0.15) is 5.75 Å². The molecule has 2 rings (SSSR count). The first-order valence-corrected chi connectivity index (χ1v) is 7.10. The molecule has 2 aromatic rings. The van der Waals surface area contributed by atoms with Crippen molar-refractivity contribution in [1.82, 2.24) is 0 Å². The van der Waals surface area contributed by atoms with Crippen molar-refractivity contribution in [2.75, 3.05) is 5.73 Å². The lowest BCUT2D eigenvalue weighted by Gasteiger charge is -2.15. The van der Waals surface area contributed by atoms with E-state index in [1.807, 2.05) is 44.2 Å². The van der Waals surface area contributed by atoms with Crippen LogP contribution in [-0.2, 0) is 0 Å². The van der Waals surface area contributed by atoms with Gasteiger partial charge < -0.3 is 10.5 Å². The minimum atomic E-state index is 0.348. The summed E-state index contributed by atoms with van der Waals surface area (Å²) in [4.78, 5) is 0. The molecule has 0 saturated carbocycles. The maximum atomic E-state index is 6.28. The van der Waals surface area contributed by atoms with Gasteiger partial charge in [0.25, 0.3) is 0 Å². The summed E-state index contributed by atoms with van der Waals surface area (Å²) in [6.45, 7) is 8.22. The smallest absolute Gasteiger partial charge is 0.150 e. The summed E-state index contributed by atoms with van der Waals surface area (Å²) >= 11 is 6.28. The van der Waals surface area contributed by atoms with Crippen molar-refractivity contribution in [2.45, 2.75) is 33.6 Å². The predicted molar refractivity (Wildman–Crippen MR) is 85.9 cm³/mol. The maximum absolute atomic E-state index is 6.28. The molecule has 3 heteroatoms. The lowest BCUT2D eigenvalue weighted by atomic mass is 10.0. The van der Waals surface area contributed by atoms with Gasteiger partial charge in [-0.15, -0.1) is 0 Å². The van der Waals surface area contributed by atoms with Gasteiger partial charge in [-0.1, -0.05) is 31.5 Å². The predicted octanol–water partition coefficient (Wildman–Crippen LogP) is 5.45. The number of anilines is 1. The summed E-state index contributed by atoms with van der Waals surface area (Å²) < 4.78 is 5.98. The first kappa shape index (κ1) is 14.7. The van der Waals surface area contributed by atoms with E-state index in [1.165, 1.54) is 0 Å². The van der Waals surface area contributed by atoms with Crippen LogP contribution in [0.15, 0.2) is 30.3 Å². The Balaban J connectivity index is 2.43. The third kappa shape index (κ3) is 3.07. The molecule has 0 heterocycles. The van der Waals surface area contributed by atoms with Crippen LogP contribution in [0, 0.1) is 13.8 Å². The molecule has 0 spiro atoms. The zero-order valence-electron chi connectivity index (χ0n) is 12.3. The maximum Gasteiger partial charge on any atom is 0.150 e. The van der Waals surface area contributed by atoms with Gasteiger partial charge >= 0.3 is 0 Å². The van der Waals surface area contributed by atoms with E-state index in [0.29, 0.717) is 17.4 Å². The van der Waals surface area contributed by atoms with Crippen LogP contribution < -0.4 is 10.5 Å². The summed E-state index contributed by atoms with van der Waals surface area (Å²) in [6.07, 6.45) is 0. The standard InChI is InChI=1S/C17H20ClNO/c1-10(2)13-9-16(12(4)8-14(13)18)20-17-7-11(3)5-6-15(17)19/h5-10H,19H2,1-4H3. The second kappa shape index (κ2) is 5.76. The molecule has 0 aliphatic carbocycles. The molecule has 0 fully saturated rings. The Labute approximate surface area is 125 Å². The molecular weight excluding hydrogens is 270 g/mol. The van der Waals surface area contributed by atoms with E-state index >= 15 is 0 Å². The van der Waals surface area contributed by atoms with Crippen LogP contribution in [-0.4, -0.2) is 0 Å². The molecule has 0 atom stereocenters. The zero-order chi connectivity index (χ0) is 14.9. The van der Waals surface area contributed by atoms with Gasteiger partial charge in [-0.2, -0.15) is 0 Å². The van der Waals surface area contributed by atoms with Crippen molar-refractivity contribution in [3.05, 3.63) is 52.0 Å². The molecular formula is C17H20ClNO. The Bertz CT molecular complexity index is 635. The van der Waals surface area contributed by atoms with Crippen molar-refractivity contribution in [3.63, 3.8) is 0 Å². The number of rotatable bonds is 3. The van der Waals surface area contributed by atoms with Crippen LogP contribution in [0.4, 0.5) is 5.69 Å². The molecule has 0 radical (unpaired) electrons. The van der Waals surface area contributed by atoms with Gasteiger partial charge in [-0.3, -0.25) is 0 Å². The number of ether oxygens (including phenoxy) is 1. The van der Waals surface area contributed by atoms with Gasteiger partial charge in [0, 0.05) is 5.02 Å². The molecule has 0 aliphatic heterocycles. The summed E-state index contributed by atoms with van der Waals surface area (Å²) in [6, 6.07) is 9.72. The topological polar surface area (TPSA) is 35.2 Å². The fourth-order valence-electron chi connectivity index (χ4n) is 2.07. The van der Waals surface area contributed by atoms with E-state index in [1.54, 1.807) is 0 Å². The highest BCUT2D eigenvalue weighted by Crippen LogP contribution is 2.35. The Morgan fingerprint density at radius 2 is 1.75 bits per heavy atom. The normalized spacial score (nSPS) is 10.9. The number of hydrogen-bond donors (Lipinski definition) is 1. The molecule has 2 nitrogen and oxygen atoms in total. The van der Waals surface area contributed by atoms with Gasteiger partial charge in [0.05, 0.1) is 5.69 Å². The molecule has 0 saturated heterocycles. The highest BCUT2D eigenvalue weighted by atomic mass is 35.5. The van der Waals surface area contributed by atoms with Crippen molar-refractivity contribution in [2.24, 2.45) is 0 Å². The first-order chi connectivity index (χ1) is 9.38. The molecule has 0 amide bonds. The summed E-state index contributed by atoms with van der Waals surface area (Å²) in [7, 11) is 0. The van der Waals surface area contributed by atoms with E-state index in [4.69, 9.17) is 22.1 Å². The van der Waals surface area contributed by atoms with Crippen LogP contribution in [0.1, 0.15) is 36.5 Å². The average Bonchev–Trinajstić information content (AvgIpc) is 2.36. The van der Waals surface area contributed by atoms with Crippen molar-refractivity contribution < 1.29 is 4.74 Å². The molecule has 2 N–H and O–H groups in total. The zero-order valence-corrected chi connectivity index (χ0v) is 13.1. The van der Waals surface area contributed by atoms with Crippen LogP contribution in [0.5, 0.6) is 11.5 Å². The van der Waals surface area contributed by atoms with Gasteiger partial charge in [0.15, 0.2) is 5.75 Å². The minimum absolute atomic E-state index is 0.348. The van der Waals surface area contributed by atoms with E-state index in [2.05, 4.69) is 13.8 Å². The molecule has 0 unspecified atom stereocenters. The highest BCUT2D eigenvalue weighted by molar-refractivity contribution is 6.31. The summed E-state index contributed by atoms with van der Waals surface area (Å²) in [5.41, 5.74) is 9.80. The Hall–Kier alpha value is -1.67. The van der Waals surface area contributed by atoms with Crippen LogP contribution in [0.25, 0.3) is 0 Å². The van der Waals surface area contributed by atoms with Crippen LogP contribution in [0.3, 0.4) is 0 Å². The van der Waals surface area contributed by atoms with E-state index in [0.717, 1.165) is 27.5 Å². The number of hydrogen-bond acceptors (Lipinski definition) is 2. The fraction of sp³-hybridized carbons (Fsp3) is 0.294. The second-order valence-corrected chi connectivity index (χ2v) is 5.84. The number of aryl methyl sites for hydroxylation is 2. The molecule has 20 heavy (non-hydrogen) atoms. The van der Waals surface area contributed by atoms with E-state index in [9.17, 15) is 0 Å². The summed E-state index contributed by atoms with van der Waals surface area (Å²) in [5.74, 6) is 1.83. The fourth-order valence-corrected chi connectivity index (χ4v) is 2.51. The van der Waals surface area contributed by atoms with E-state index < -0.39 is 0 Å². The first-order valence-electron chi connectivity index (χ1n) is 6.72. The average molecular weight is 290 g/mol. The molecule has 106 valence electrons. The number of halogens is 1. The lowest BCUT2D eigenvalue weighted by molar-refractivity contribution is 0.479. The monoisotopic (exact) mass is 289 g/mol. The largest absolute Gasteiger partial charge is 0.455 e. The SMILES string of the molecule is Cc1ccc(N)c(Oc2cc(C(C)C)c(Cl)cc2C)c1. The van der Waals surface area contributed by atoms with Gasteiger partial charge in [0.2, 0.25) is 0 Å². The molecule has 0 aliphatic rings. The Morgan fingerprint density at radius 1 is 1.05 bits per heavy atom. The molecule has 0 aromatic heterocycles. The van der Waals surface area contributed by atoms with Crippen molar-refractivity contribution >= 4 is 17.3 Å². The highest BCUT2D eigenvalue weighted by Gasteiger charge is 2.12. The minimum Gasteiger partial charge on any atom is -0.455 e. The number of nitrogens with two attached hydrogens (primary N) is 1. The third-order valence-corrected chi connectivity index (χ3v) is 3.63. The second-order valence-electron chi connectivity index (χ2n) is 5.44. The van der Waals surface area contributed by atoms with Crippen LogP contribution in [0.2, 0.25) is 5.02 Å². The number of nitrogen functional groups attached to an aromatic ring is 1. The Kier molecular flexibility index (Phi) is 4.24. The quantitative estimate of drug-likeness (QED) is 0.762. The number of benzene rings is 2. The molecule has 0 bridgehead atoms. The van der Waals surface area contributed by atoms with Gasteiger partial charge in [-0.05, 0) is 60.7 Å². The lowest BCUT2D eigenvalue weighted by Crippen LogP contribution is -1.97. The molecule has 2 aromatic carbocycles. The van der Waals surface area contributed by atoms with Crippen molar-refractivity contribution in [3.8, 4) is 11.5 Å². The summed E-state index contributed by atoms with van der Waals surface area (Å²) in [5, 5.41) is 0.780. The van der Waals surface area contributed by atoms with Gasteiger partial charge in [-0.25, -0.2) is 0 Å². The van der Waals surface area contributed by atoms with Crippen LogP contribution >= 0.6 is 11.6 Å².